The second kappa shape index (κ2) is 7.39. The molecular formula is C14H21O5P. The monoisotopic (exact) mass is 300 g/mol. The van der Waals surface area contributed by atoms with Gasteiger partial charge in [0.05, 0.1) is 0 Å². The number of carboxylic acid groups (broad SMARTS) is 1. The number of hydrogen-bond acceptors (Lipinski definition) is 2. The third-order valence-corrected chi connectivity index (χ3v) is 5.09. The van der Waals surface area contributed by atoms with E-state index in [4.69, 9.17) is 0 Å². The van der Waals surface area contributed by atoms with E-state index in [0.29, 0.717) is 0 Å². The highest BCUT2D eigenvalue weighted by atomic mass is 31.2. The fourth-order valence-electron chi connectivity index (χ4n) is 2.15. The standard InChI is InChI=1S/C14H21O5P/c1-5-8-12(13(15)16)11(4)14(9-6-2,10-7-3)20(17,18)19/h5-7H,1-3,8-10H2,4H3,(H,15,16)(H2,17,18,19)/b12-11+. The van der Waals surface area contributed by atoms with Crippen molar-refractivity contribution in [2.75, 3.05) is 0 Å². The second-order valence-electron chi connectivity index (χ2n) is 4.46. The fraction of sp³-hybridized carbons (Fsp3) is 0.357. The van der Waals surface area contributed by atoms with Gasteiger partial charge < -0.3 is 14.9 Å². The van der Waals surface area contributed by atoms with Crippen molar-refractivity contribution < 1.29 is 24.3 Å². The quantitative estimate of drug-likeness (QED) is 0.345. The van der Waals surface area contributed by atoms with Gasteiger partial charge in [0.2, 0.25) is 0 Å². The van der Waals surface area contributed by atoms with Crippen molar-refractivity contribution >= 4 is 13.6 Å². The van der Waals surface area contributed by atoms with Crippen LogP contribution in [0.1, 0.15) is 26.2 Å². The van der Waals surface area contributed by atoms with Crippen LogP contribution < -0.4 is 0 Å². The van der Waals surface area contributed by atoms with Crippen molar-refractivity contribution in [3.05, 3.63) is 49.1 Å². The van der Waals surface area contributed by atoms with Crippen molar-refractivity contribution in [3.8, 4) is 0 Å². The topological polar surface area (TPSA) is 94.8 Å². The van der Waals surface area contributed by atoms with Crippen molar-refractivity contribution in [2.45, 2.75) is 31.3 Å². The first-order valence-electron chi connectivity index (χ1n) is 5.99. The molecule has 0 unspecified atom stereocenters. The minimum absolute atomic E-state index is 0.0250. The number of carbonyl (C=O) groups is 1. The minimum Gasteiger partial charge on any atom is -0.478 e. The molecule has 0 saturated carbocycles. The second-order valence-corrected chi connectivity index (χ2v) is 6.41. The van der Waals surface area contributed by atoms with Gasteiger partial charge in [0.25, 0.3) is 0 Å². The number of aliphatic carboxylic acids is 1. The molecule has 0 heterocycles. The lowest BCUT2D eigenvalue weighted by Gasteiger charge is -2.34. The smallest absolute Gasteiger partial charge is 0.336 e. The SMILES string of the molecule is C=CC/C(C(=O)O)=C(/C)C(CC=C)(CC=C)P(=O)(O)O. The molecule has 0 aliphatic heterocycles. The van der Waals surface area contributed by atoms with E-state index >= 15 is 0 Å². The van der Waals surface area contributed by atoms with Gasteiger partial charge >= 0.3 is 13.6 Å². The van der Waals surface area contributed by atoms with Crippen molar-refractivity contribution in [3.63, 3.8) is 0 Å². The van der Waals surface area contributed by atoms with Crippen molar-refractivity contribution in [1.29, 1.82) is 0 Å². The van der Waals surface area contributed by atoms with Gasteiger partial charge in [-0.3, -0.25) is 4.57 Å². The lowest BCUT2D eigenvalue weighted by atomic mass is 9.87. The first-order chi connectivity index (χ1) is 9.17. The van der Waals surface area contributed by atoms with Crippen LogP contribution in [0, 0.1) is 0 Å². The minimum atomic E-state index is -4.61. The van der Waals surface area contributed by atoms with Gasteiger partial charge in [0, 0.05) is 5.57 Å². The molecule has 0 aromatic rings. The highest BCUT2D eigenvalue weighted by Gasteiger charge is 2.47. The van der Waals surface area contributed by atoms with Gasteiger partial charge in [-0.1, -0.05) is 18.2 Å². The molecular weight excluding hydrogens is 279 g/mol. The molecule has 0 aromatic carbocycles. The summed E-state index contributed by atoms with van der Waals surface area (Å²) in [6.45, 7) is 11.9. The Hall–Kier alpha value is -1.42. The maximum absolute atomic E-state index is 12.0. The van der Waals surface area contributed by atoms with E-state index in [2.05, 4.69) is 19.7 Å². The predicted octanol–water partition coefficient (Wildman–Crippen LogP) is 3.03. The summed E-state index contributed by atoms with van der Waals surface area (Å²) in [5.41, 5.74) is 0.0741. The maximum atomic E-state index is 12.0. The molecule has 0 radical (unpaired) electrons. The van der Waals surface area contributed by atoms with Crippen LogP contribution in [0.5, 0.6) is 0 Å². The van der Waals surface area contributed by atoms with Crippen LogP contribution in [0.15, 0.2) is 49.1 Å². The summed E-state index contributed by atoms with van der Waals surface area (Å²) in [6.07, 6.45) is 4.08. The van der Waals surface area contributed by atoms with Crippen LogP contribution in [0.2, 0.25) is 0 Å². The Kier molecular flexibility index (Phi) is 6.86. The largest absolute Gasteiger partial charge is 0.478 e. The molecule has 0 aromatic heterocycles. The van der Waals surface area contributed by atoms with Gasteiger partial charge in [-0.05, 0) is 31.8 Å². The molecule has 0 saturated heterocycles. The Bertz CT molecular complexity index is 474. The van der Waals surface area contributed by atoms with E-state index in [1.165, 1.54) is 25.2 Å². The van der Waals surface area contributed by atoms with Crippen molar-refractivity contribution in [1.82, 2.24) is 0 Å². The number of hydrogen-bond donors (Lipinski definition) is 3. The van der Waals surface area contributed by atoms with Crippen LogP contribution in [-0.2, 0) is 9.36 Å². The summed E-state index contributed by atoms with van der Waals surface area (Å²) in [7, 11) is -4.61. The highest BCUT2D eigenvalue weighted by molar-refractivity contribution is 7.54. The zero-order valence-electron chi connectivity index (χ0n) is 11.6. The molecule has 0 spiro atoms. The molecule has 0 rings (SSSR count). The molecule has 5 nitrogen and oxygen atoms in total. The number of allylic oxidation sites excluding steroid dienone is 4. The van der Waals surface area contributed by atoms with Crippen molar-refractivity contribution in [2.24, 2.45) is 0 Å². The van der Waals surface area contributed by atoms with Gasteiger partial charge in [-0.2, -0.15) is 0 Å². The summed E-state index contributed by atoms with van der Waals surface area (Å²) in [4.78, 5) is 30.7. The summed E-state index contributed by atoms with van der Waals surface area (Å²) >= 11 is 0. The average molecular weight is 300 g/mol. The van der Waals surface area contributed by atoms with Crippen LogP contribution in [0.25, 0.3) is 0 Å². The van der Waals surface area contributed by atoms with Gasteiger partial charge in [-0.15, -0.1) is 19.7 Å². The maximum Gasteiger partial charge on any atom is 0.336 e. The zero-order valence-corrected chi connectivity index (χ0v) is 12.5. The summed E-state index contributed by atoms with van der Waals surface area (Å²) in [5.74, 6) is -1.21. The van der Waals surface area contributed by atoms with E-state index in [0.717, 1.165) is 0 Å². The zero-order chi connectivity index (χ0) is 16.0. The van der Waals surface area contributed by atoms with E-state index < -0.39 is 18.7 Å². The van der Waals surface area contributed by atoms with Gasteiger partial charge in [0.15, 0.2) is 0 Å². The molecule has 3 N–H and O–H groups in total. The third-order valence-electron chi connectivity index (χ3n) is 3.28. The van der Waals surface area contributed by atoms with Crippen LogP contribution in [0.4, 0.5) is 0 Å². The summed E-state index contributed by atoms with van der Waals surface area (Å²) in [5, 5.41) is 7.61. The van der Waals surface area contributed by atoms with Gasteiger partial charge in [-0.25, -0.2) is 4.79 Å². The average Bonchev–Trinajstić information content (AvgIpc) is 2.32. The molecule has 0 aliphatic rings. The Labute approximate surface area is 119 Å². The number of carboxylic acids is 1. The lowest BCUT2D eigenvalue weighted by Crippen LogP contribution is -2.31. The van der Waals surface area contributed by atoms with Crippen LogP contribution in [0.3, 0.4) is 0 Å². The lowest BCUT2D eigenvalue weighted by molar-refractivity contribution is -0.132. The predicted molar refractivity (Wildman–Crippen MR) is 79.6 cm³/mol. The molecule has 0 aliphatic carbocycles. The molecule has 112 valence electrons. The molecule has 0 atom stereocenters. The van der Waals surface area contributed by atoms with Crippen LogP contribution >= 0.6 is 7.60 Å². The molecule has 6 heteroatoms. The first kappa shape index (κ1) is 18.6. The molecule has 0 fully saturated rings. The van der Waals surface area contributed by atoms with Gasteiger partial charge in [0.1, 0.15) is 5.16 Å². The summed E-state index contributed by atoms with van der Waals surface area (Å²) < 4.78 is 12.0. The van der Waals surface area contributed by atoms with E-state index in [9.17, 15) is 24.3 Å². The first-order valence-corrected chi connectivity index (χ1v) is 7.61. The Balaban J connectivity index is 6.34. The van der Waals surface area contributed by atoms with E-state index in [1.807, 2.05) is 0 Å². The fourth-order valence-corrected chi connectivity index (χ4v) is 3.46. The highest BCUT2D eigenvalue weighted by Crippen LogP contribution is 2.59. The van der Waals surface area contributed by atoms with E-state index in [1.54, 1.807) is 0 Å². The Morgan fingerprint density at radius 2 is 1.60 bits per heavy atom. The Morgan fingerprint density at radius 1 is 1.15 bits per heavy atom. The van der Waals surface area contributed by atoms with Crippen LogP contribution in [-0.4, -0.2) is 26.0 Å². The molecule has 20 heavy (non-hydrogen) atoms. The molecule has 0 amide bonds. The third kappa shape index (κ3) is 3.79. The molecule has 0 bridgehead atoms. The summed E-state index contributed by atoms with van der Waals surface area (Å²) in [6, 6.07) is 0. The Morgan fingerprint density at radius 3 is 1.85 bits per heavy atom. The van der Waals surface area contributed by atoms with E-state index in [-0.39, 0.29) is 30.4 Å². The normalized spacial score (nSPS) is 13.3. The number of rotatable bonds is 9.